The van der Waals surface area contributed by atoms with Crippen LogP contribution in [-0.2, 0) is 6.54 Å². The lowest BCUT2D eigenvalue weighted by atomic mass is 9.97. The predicted octanol–water partition coefficient (Wildman–Crippen LogP) is 5.16. The Labute approximate surface area is 200 Å². The standard InChI is InChI=1S/C26H34N4O2S/c1-19-6-5-9-21(16-19)17-28-24(31)23-18-33-25(29-23)22-11-14-30(15-12-22)26(32)27-13-10-20-7-3-2-4-8-20/h5-7,9,16,18,22H,2-4,8,10-15,17H2,1H3,(H,27,32)(H,28,31). The normalized spacial score (nSPS) is 16.9. The van der Waals surface area contributed by atoms with E-state index in [0.29, 0.717) is 18.2 Å². The number of piperidine rings is 1. The summed E-state index contributed by atoms with van der Waals surface area (Å²) in [7, 11) is 0. The second kappa shape index (κ2) is 11.5. The maximum absolute atomic E-state index is 12.5. The summed E-state index contributed by atoms with van der Waals surface area (Å²) >= 11 is 1.55. The largest absolute Gasteiger partial charge is 0.347 e. The summed E-state index contributed by atoms with van der Waals surface area (Å²) in [5.41, 5.74) is 4.24. The molecule has 0 radical (unpaired) electrons. The molecule has 33 heavy (non-hydrogen) atoms. The number of allylic oxidation sites excluding steroid dienone is 1. The number of benzene rings is 1. The molecule has 1 fully saturated rings. The first-order valence-electron chi connectivity index (χ1n) is 12.1. The first-order chi connectivity index (χ1) is 16.1. The monoisotopic (exact) mass is 466 g/mol. The van der Waals surface area contributed by atoms with Crippen molar-refractivity contribution >= 4 is 23.3 Å². The highest BCUT2D eigenvalue weighted by Crippen LogP contribution is 2.30. The number of thiazole rings is 1. The molecule has 2 heterocycles. The lowest BCUT2D eigenvalue weighted by molar-refractivity contribution is 0.0946. The number of likely N-dealkylation sites (tertiary alicyclic amines) is 1. The van der Waals surface area contributed by atoms with Gasteiger partial charge in [0, 0.05) is 37.5 Å². The Morgan fingerprint density at radius 2 is 2.03 bits per heavy atom. The fraction of sp³-hybridized carbons (Fsp3) is 0.500. The molecule has 0 spiro atoms. The minimum atomic E-state index is -0.135. The molecule has 0 bridgehead atoms. The van der Waals surface area contributed by atoms with Crippen LogP contribution < -0.4 is 10.6 Å². The van der Waals surface area contributed by atoms with E-state index in [9.17, 15) is 9.59 Å². The highest BCUT2D eigenvalue weighted by molar-refractivity contribution is 7.09. The van der Waals surface area contributed by atoms with Gasteiger partial charge in [-0.25, -0.2) is 9.78 Å². The van der Waals surface area contributed by atoms with Crippen LogP contribution in [0.25, 0.3) is 0 Å². The molecule has 1 saturated heterocycles. The Kier molecular flexibility index (Phi) is 8.15. The van der Waals surface area contributed by atoms with Crippen molar-refractivity contribution in [3.05, 3.63) is 63.1 Å². The van der Waals surface area contributed by atoms with Crippen molar-refractivity contribution in [1.82, 2.24) is 20.5 Å². The average molecular weight is 467 g/mol. The number of amides is 3. The van der Waals surface area contributed by atoms with Crippen LogP contribution in [-0.4, -0.2) is 41.5 Å². The maximum atomic E-state index is 12.5. The second-order valence-electron chi connectivity index (χ2n) is 9.09. The van der Waals surface area contributed by atoms with E-state index in [1.54, 1.807) is 11.3 Å². The fourth-order valence-electron chi connectivity index (χ4n) is 4.58. The summed E-state index contributed by atoms with van der Waals surface area (Å²) in [6.45, 7) is 4.72. The van der Waals surface area contributed by atoms with Gasteiger partial charge >= 0.3 is 6.03 Å². The van der Waals surface area contributed by atoms with Gasteiger partial charge in [-0.15, -0.1) is 11.3 Å². The van der Waals surface area contributed by atoms with E-state index < -0.39 is 0 Å². The molecular formula is C26H34N4O2S. The third-order valence-corrected chi connectivity index (χ3v) is 7.54. The van der Waals surface area contributed by atoms with Crippen molar-refractivity contribution in [2.24, 2.45) is 0 Å². The molecule has 176 valence electrons. The summed E-state index contributed by atoms with van der Waals surface area (Å²) in [5.74, 6) is 0.175. The van der Waals surface area contributed by atoms with Crippen LogP contribution in [0.2, 0.25) is 0 Å². The zero-order valence-electron chi connectivity index (χ0n) is 19.4. The molecule has 1 aromatic heterocycles. The van der Waals surface area contributed by atoms with Gasteiger partial charge in [0.05, 0.1) is 5.01 Å². The van der Waals surface area contributed by atoms with E-state index in [1.165, 1.54) is 36.8 Å². The van der Waals surface area contributed by atoms with Gasteiger partial charge in [-0.05, 0) is 57.4 Å². The van der Waals surface area contributed by atoms with Gasteiger partial charge in [-0.2, -0.15) is 0 Å². The smallest absolute Gasteiger partial charge is 0.317 e. The summed E-state index contributed by atoms with van der Waals surface area (Å²) in [6.07, 6.45) is 10.0. The van der Waals surface area contributed by atoms with Gasteiger partial charge in [-0.1, -0.05) is 41.5 Å². The van der Waals surface area contributed by atoms with Crippen LogP contribution in [0.1, 0.15) is 77.5 Å². The number of carbonyl (C=O) groups is 2. The summed E-state index contributed by atoms with van der Waals surface area (Å²) < 4.78 is 0. The molecule has 7 heteroatoms. The number of nitrogens with one attached hydrogen (secondary N) is 2. The number of aryl methyl sites for hydroxylation is 1. The Bertz CT molecular complexity index is 992. The van der Waals surface area contributed by atoms with Crippen LogP contribution in [0.15, 0.2) is 41.3 Å². The molecule has 2 aromatic rings. The van der Waals surface area contributed by atoms with Crippen molar-refractivity contribution < 1.29 is 9.59 Å². The van der Waals surface area contributed by atoms with E-state index in [2.05, 4.69) is 27.8 Å². The van der Waals surface area contributed by atoms with Gasteiger partial charge < -0.3 is 15.5 Å². The molecule has 1 aromatic carbocycles. The van der Waals surface area contributed by atoms with Crippen molar-refractivity contribution in [3.8, 4) is 0 Å². The molecule has 2 N–H and O–H groups in total. The quantitative estimate of drug-likeness (QED) is 0.554. The number of urea groups is 1. The van der Waals surface area contributed by atoms with E-state index in [4.69, 9.17) is 0 Å². The Morgan fingerprint density at radius 1 is 1.18 bits per heavy atom. The van der Waals surface area contributed by atoms with E-state index >= 15 is 0 Å². The zero-order valence-corrected chi connectivity index (χ0v) is 20.3. The summed E-state index contributed by atoms with van der Waals surface area (Å²) in [4.78, 5) is 31.6. The van der Waals surface area contributed by atoms with Crippen molar-refractivity contribution in [1.29, 1.82) is 0 Å². The molecule has 4 rings (SSSR count). The molecule has 0 saturated carbocycles. The van der Waals surface area contributed by atoms with Crippen LogP contribution >= 0.6 is 11.3 Å². The van der Waals surface area contributed by atoms with Gasteiger partial charge in [0.1, 0.15) is 5.69 Å². The topological polar surface area (TPSA) is 74.3 Å². The van der Waals surface area contributed by atoms with E-state index in [-0.39, 0.29) is 11.9 Å². The second-order valence-corrected chi connectivity index (χ2v) is 9.98. The number of rotatable bonds is 7. The van der Waals surface area contributed by atoms with Gasteiger partial charge in [-0.3, -0.25) is 4.79 Å². The van der Waals surface area contributed by atoms with E-state index in [1.807, 2.05) is 35.4 Å². The maximum Gasteiger partial charge on any atom is 0.317 e. The van der Waals surface area contributed by atoms with Crippen LogP contribution in [0.4, 0.5) is 4.79 Å². The van der Waals surface area contributed by atoms with Crippen LogP contribution in [0.5, 0.6) is 0 Å². The molecule has 1 aliphatic carbocycles. The molecule has 0 atom stereocenters. The highest BCUT2D eigenvalue weighted by atomic mass is 32.1. The molecule has 3 amide bonds. The van der Waals surface area contributed by atoms with Crippen LogP contribution in [0.3, 0.4) is 0 Å². The third kappa shape index (κ3) is 6.67. The summed E-state index contributed by atoms with van der Waals surface area (Å²) in [6, 6.07) is 8.17. The molecule has 6 nitrogen and oxygen atoms in total. The van der Waals surface area contributed by atoms with Gasteiger partial charge in [0.2, 0.25) is 0 Å². The molecule has 1 aliphatic heterocycles. The number of hydrogen-bond acceptors (Lipinski definition) is 4. The zero-order chi connectivity index (χ0) is 23.0. The number of hydrogen-bond donors (Lipinski definition) is 2. The average Bonchev–Trinajstić information content (AvgIpc) is 3.34. The predicted molar refractivity (Wildman–Crippen MR) is 133 cm³/mol. The van der Waals surface area contributed by atoms with Crippen LogP contribution in [0, 0.1) is 6.92 Å². The number of aromatic nitrogens is 1. The molecule has 2 aliphatic rings. The fourth-order valence-corrected chi connectivity index (χ4v) is 5.55. The minimum Gasteiger partial charge on any atom is -0.347 e. The van der Waals surface area contributed by atoms with Crippen molar-refractivity contribution in [3.63, 3.8) is 0 Å². The van der Waals surface area contributed by atoms with Gasteiger partial charge in [0.25, 0.3) is 5.91 Å². The van der Waals surface area contributed by atoms with E-state index in [0.717, 1.165) is 49.5 Å². The Balaban J connectivity index is 1.20. The van der Waals surface area contributed by atoms with Gasteiger partial charge in [0.15, 0.2) is 0 Å². The SMILES string of the molecule is Cc1cccc(CNC(=O)c2csc(C3CCN(C(=O)NCCC4=CCCCC4)CC3)n2)c1. The highest BCUT2D eigenvalue weighted by Gasteiger charge is 2.26. The van der Waals surface area contributed by atoms with Crippen molar-refractivity contribution in [2.45, 2.75) is 64.3 Å². The molecule has 0 unspecified atom stereocenters. The number of nitrogens with zero attached hydrogens (tertiary/aromatic N) is 2. The lowest BCUT2D eigenvalue weighted by Gasteiger charge is -2.31. The summed E-state index contributed by atoms with van der Waals surface area (Å²) in [5, 5.41) is 8.90. The minimum absolute atomic E-state index is 0.0419. The lowest BCUT2D eigenvalue weighted by Crippen LogP contribution is -2.44. The first-order valence-corrected chi connectivity index (χ1v) is 13.0. The Hall–Kier alpha value is -2.67. The first kappa shape index (κ1) is 23.5. The third-order valence-electron chi connectivity index (χ3n) is 6.53. The molecular weight excluding hydrogens is 432 g/mol. The number of carbonyl (C=O) groups excluding carboxylic acids is 2. The Morgan fingerprint density at radius 3 is 2.79 bits per heavy atom. The van der Waals surface area contributed by atoms with Crippen molar-refractivity contribution in [2.75, 3.05) is 19.6 Å².